The molecule has 4 heterocycles. The van der Waals surface area contributed by atoms with Gasteiger partial charge in [0, 0.05) is 50.3 Å². The van der Waals surface area contributed by atoms with Crippen molar-refractivity contribution in [1.82, 2.24) is 30.7 Å². The number of hydrogen-bond acceptors (Lipinski definition) is 7. The molecule has 1 fully saturated rings. The predicted octanol–water partition coefficient (Wildman–Crippen LogP) is 1.35. The van der Waals surface area contributed by atoms with E-state index >= 15 is 0 Å². The topological polar surface area (TPSA) is 120 Å². The zero-order valence-electron chi connectivity index (χ0n) is 17.5. The van der Waals surface area contributed by atoms with Crippen molar-refractivity contribution in [1.29, 1.82) is 5.41 Å². The number of amides is 1. The number of aromatic nitrogens is 2. The zero-order chi connectivity index (χ0) is 22.9. The van der Waals surface area contributed by atoms with Gasteiger partial charge in [0.05, 0.1) is 22.7 Å². The number of halogens is 1. The van der Waals surface area contributed by atoms with Gasteiger partial charge in [0.2, 0.25) is 0 Å². The first kappa shape index (κ1) is 20.6. The predicted molar refractivity (Wildman–Crippen MR) is 120 cm³/mol. The summed E-state index contributed by atoms with van der Waals surface area (Å²) in [4.78, 5) is 36.3. The second-order valence-electron chi connectivity index (χ2n) is 7.65. The fourth-order valence-electron chi connectivity index (χ4n) is 4.01. The largest absolute Gasteiger partial charge is 0.357 e. The number of Topliss-reactive ketones (excluding diaryl/α,β-unsaturated/α-hetero) is 1. The van der Waals surface area contributed by atoms with Crippen molar-refractivity contribution in [3.05, 3.63) is 72.1 Å². The molecule has 33 heavy (non-hydrogen) atoms. The Balaban J connectivity index is 1.32. The first-order chi connectivity index (χ1) is 16.0. The van der Waals surface area contributed by atoms with Crippen LogP contribution in [0.25, 0.3) is 10.9 Å². The number of benzene rings is 1. The number of hydrogen-bond donors (Lipinski definition) is 4. The number of pyridine rings is 1. The van der Waals surface area contributed by atoms with Crippen LogP contribution >= 0.6 is 0 Å². The quantitative estimate of drug-likeness (QED) is 0.206. The van der Waals surface area contributed by atoms with Crippen LogP contribution in [-0.2, 0) is 4.79 Å². The van der Waals surface area contributed by atoms with Crippen molar-refractivity contribution >= 4 is 34.2 Å². The van der Waals surface area contributed by atoms with Crippen LogP contribution < -0.4 is 16.0 Å². The molecule has 4 N–H and O–H groups in total. The first-order valence-corrected chi connectivity index (χ1v) is 10.4. The lowest BCUT2D eigenvalue weighted by atomic mass is 10.1. The highest BCUT2D eigenvalue weighted by molar-refractivity contribution is 6.45. The maximum absolute atomic E-state index is 14.7. The molecule has 0 bridgehead atoms. The SMILES string of the molecule is N=C(c1ccccc1)N1CCN(C(=O)C(=O)c2c[nH]c3c(N4C=CNN4)ncc(F)c23)CC1. The average molecular weight is 448 g/mol. The Kier molecular flexibility index (Phi) is 5.23. The molecule has 0 atom stereocenters. The molecule has 0 saturated carbocycles. The van der Waals surface area contributed by atoms with E-state index in [9.17, 15) is 14.0 Å². The van der Waals surface area contributed by atoms with Crippen molar-refractivity contribution in [2.75, 3.05) is 31.2 Å². The van der Waals surface area contributed by atoms with E-state index in [-0.39, 0.29) is 10.9 Å². The van der Waals surface area contributed by atoms with Crippen LogP contribution in [0.2, 0.25) is 0 Å². The highest BCUT2D eigenvalue weighted by atomic mass is 19.1. The third-order valence-corrected chi connectivity index (χ3v) is 5.73. The number of amidine groups is 1. The van der Waals surface area contributed by atoms with Gasteiger partial charge in [0.1, 0.15) is 5.84 Å². The van der Waals surface area contributed by atoms with E-state index in [1.54, 1.807) is 12.4 Å². The number of nitrogens with zero attached hydrogens (tertiary/aromatic N) is 4. The van der Waals surface area contributed by atoms with Gasteiger partial charge in [-0.2, -0.15) is 0 Å². The molecule has 168 valence electrons. The molecule has 1 amide bonds. The summed E-state index contributed by atoms with van der Waals surface area (Å²) in [6, 6.07) is 9.36. The van der Waals surface area contributed by atoms with Crippen LogP contribution in [0.1, 0.15) is 15.9 Å². The number of aromatic amines is 1. The monoisotopic (exact) mass is 448 g/mol. The summed E-state index contributed by atoms with van der Waals surface area (Å²) >= 11 is 0. The van der Waals surface area contributed by atoms with Crippen LogP contribution in [0.3, 0.4) is 0 Å². The molecular weight excluding hydrogens is 427 g/mol. The number of nitrogens with one attached hydrogen (secondary N) is 4. The summed E-state index contributed by atoms with van der Waals surface area (Å²) in [5.74, 6) is -1.44. The maximum Gasteiger partial charge on any atom is 0.295 e. The van der Waals surface area contributed by atoms with Gasteiger partial charge in [-0.3, -0.25) is 15.0 Å². The van der Waals surface area contributed by atoms with Gasteiger partial charge in [-0.15, -0.1) is 5.53 Å². The second-order valence-corrected chi connectivity index (χ2v) is 7.65. The van der Waals surface area contributed by atoms with E-state index < -0.39 is 17.5 Å². The molecule has 2 aromatic heterocycles. The number of fused-ring (bicyclic) bond motifs is 1. The first-order valence-electron chi connectivity index (χ1n) is 10.4. The van der Waals surface area contributed by atoms with E-state index in [2.05, 4.69) is 20.9 Å². The smallest absolute Gasteiger partial charge is 0.295 e. The summed E-state index contributed by atoms with van der Waals surface area (Å²) in [7, 11) is 0. The summed E-state index contributed by atoms with van der Waals surface area (Å²) in [6.07, 6.45) is 5.65. The Bertz CT molecular complexity index is 1260. The molecule has 0 spiro atoms. The zero-order valence-corrected chi connectivity index (χ0v) is 17.5. The third-order valence-electron chi connectivity index (χ3n) is 5.73. The van der Waals surface area contributed by atoms with E-state index in [1.165, 1.54) is 16.1 Å². The standard InChI is InChI=1S/C22H21FN8O2/c23-16-13-26-21(31-7-6-27-28-31)18-17(16)15(12-25-18)19(32)22(33)30-10-8-29(9-11-30)20(24)14-4-2-1-3-5-14/h1-7,12-13,24-25,27-28H,8-11H2. The average Bonchev–Trinajstić information content (AvgIpc) is 3.55. The summed E-state index contributed by atoms with van der Waals surface area (Å²) < 4.78 is 14.7. The molecule has 0 unspecified atom stereocenters. The van der Waals surface area contributed by atoms with Crippen molar-refractivity contribution in [3.8, 4) is 0 Å². The fraction of sp³-hybridized carbons (Fsp3) is 0.182. The van der Waals surface area contributed by atoms with Crippen LogP contribution in [-0.4, -0.2) is 63.5 Å². The van der Waals surface area contributed by atoms with Crippen molar-refractivity contribution < 1.29 is 14.0 Å². The van der Waals surface area contributed by atoms with Gasteiger partial charge in [0.25, 0.3) is 11.7 Å². The molecule has 1 aromatic carbocycles. The van der Waals surface area contributed by atoms with E-state index in [1.807, 2.05) is 35.2 Å². The van der Waals surface area contributed by atoms with Gasteiger partial charge in [0.15, 0.2) is 11.6 Å². The Morgan fingerprint density at radius 2 is 1.79 bits per heavy atom. The Morgan fingerprint density at radius 3 is 2.48 bits per heavy atom. The molecule has 10 nitrogen and oxygen atoms in total. The normalized spacial score (nSPS) is 15.7. The molecule has 2 aliphatic heterocycles. The minimum absolute atomic E-state index is 0.0185. The number of hydrazine groups is 2. The number of rotatable bonds is 4. The molecule has 5 rings (SSSR count). The van der Waals surface area contributed by atoms with Gasteiger partial charge in [-0.1, -0.05) is 30.3 Å². The highest BCUT2D eigenvalue weighted by Crippen LogP contribution is 2.29. The van der Waals surface area contributed by atoms with Gasteiger partial charge < -0.3 is 20.2 Å². The Morgan fingerprint density at radius 1 is 1.06 bits per heavy atom. The molecule has 11 heteroatoms. The second kappa shape index (κ2) is 8.36. The maximum atomic E-state index is 14.7. The Hall–Kier alpha value is -4.25. The summed E-state index contributed by atoms with van der Waals surface area (Å²) in [6.45, 7) is 1.46. The van der Waals surface area contributed by atoms with Crippen LogP contribution in [0, 0.1) is 11.2 Å². The number of carbonyl (C=O) groups excluding carboxylic acids is 2. The number of carbonyl (C=O) groups is 2. The molecule has 0 aliphatic carbocycles. The molecule has 0 radical (unpaired) electrons. The van der Waals surface area contributed by atoms with Crippen molar-refractivity contribution in [2.45, 2.75) is 0 Å². The summed E-state index contributed by atoms with van der Waals surface area (Å²) in [5.41, 5.74) is 6.63. The van der Waals surface area contributed by atoms with Gasteiger partial charge >= 0.3 is 0 Å². The van der Waals surface area contributed by atoms with Crippen molar-refractivity contribution in [3.63, 3.8) is 0 Å². The third kappa shape index (κ3) is 3.68. The van der Waals surface area contributed by atoms with Crippen molar-refractivity contribution in [2.24, 2.45) is 0 Å². The molecule has 3 aromatic rings. The van der Waals surface area contributed by atoms with Crippen LogP contribution in [0.5, 0.6) is 0 Å². The Labute approximate surface area is 188 Å². The lowest BCUT2D eigenvalue weighted by Crippen LogP contribution is -2.52. The van der Waals surface area contributed by atoms with E-state index in [0.29, 0.717) is 43.3 Å². The van der Waals surface area contributed by atoms with Gasteiger partial charge in [-0.05, 0) is 0 Å². The van der Waals surface area contributed by atoms with Gasteiger partial charge in [-0.25, -0.2) is 14.4 Å². The number of anilines is 1. The van der Waals surface area contributed by atoms with Crippen LogP contribution in [0.15, 0.2) is 55.1 Å². The minimum Gasteiger partial charge on any atom is -0.357 e. The molecular formula is C22H21FN8O2. The highest BCUT2D eigenvalue weighted by Gasteiger charge is 2.31. The lowest BCUT2D eigenvalue weighted by molar-refractivity contribution is -0.127. The number of H-pyrrole nitrogens is 1. The van der Waals surface area contributed by atoms with E-state index in [0.717, 1.165) is 11.8 Å². The molecule has 2 aliphatic rings. The fourth-order valence-corrected chi connectivity index (χ4v) is 4.01. The van der Waals surface area contributed by atoms with E-state index in [4.69, 9.17) is 5.41 Å². The summed E-state index contributed by atoms with van der Waals surface area (Å²) in [5, 5.41) is 9.93. The minimum atomic E-state index is -0.785. The van der Waals surface area contributed by atoms with Crippen LogP contribution in [0.4, 0.5) is 10.2 Å². The molecule has 1 saturated heterocycles. The number of ketones is 1. The number of piperazine rings is 1. The lowest BCUT2D eigenvalue weighted by Gasteiger charge is -2.35.